The van der Waals surface area contributed by atoms with Crippen LogP contribution in [0.15, 0.2) is 60.7 Å². The highest BCUT2D eigenvalue weighted by Gasteiger charge is 2.36. The molecule has 1 aliphatic rings. The Balaban J connectivity index is 1.76. The van der Waals surface area contributed by atoms with E-state index in [0.29, 0.717) is 6.04 Å². The first-order valence-corrected chi connectivity index (χ1v) is 7.85. The van der Waals surface area contributed by atoms with Crippen molar-refractivity contribution in [2.75, 3.05) is 6.54 Å². The summed E-state index contributed by atoms with van der Waals surface area (Å²) in [5.74, 6) is 0. The molecule has 21 heavy (non-hydrogen) atoms. The predicted molar refractivity (Wildman–Crippen MR) is 88.1 cm³/mol. The number of benzene rings is 2. The normalized spacial score (nSPS) is 25.7. The van der Waals surface area contributed by atoms with Crippen molar-refractivity contribution in [1.29, 1.82) is 0 Å². The first kappa shape index (κ1) is 14.3. The number of piperidine rings is 1. The summed E-state index contributed by atoms with van der Waals surface area (Å²) in [6.07, 6.45) is 2.42. The van der Waals surface area contributed by atoms with Crippen molar-refractivity contribution in [2.45, 2.75) is 37.9 Å². The molecular formula is C19H24N2. The van der Waals surface area contributed by atoms with E-state index in [1.807, 2.05) is 0 Å². The van der Waals surface area contributed by atoms with E-state index in [2.05, 4.69) is 78.2 Å². The molecule has 2 aromatic carbocycles. The molecule has 2 nitrogen and oxygen atoms in total. The van der Waals surface area contributed by atoms with Gasteiger partial charge in [0, 0.05) is 12.1 Å². The standard InChI is InChI=1S/C19H24N2/c1-19(21-15-16-9-4-2-5-10-16)13-8-14-20-18(19)17-11-6-3-7-12-17/h2-7,9-12,18,20-21H,8,13-15H2,1H3/t18-,19+/m0/s1. The molecule has 110 valence electrons. The van der Waals surface area contributed by atoms with Crippen LogP contribution in [0.2, 0.25) is 0 Å². The number of hydrogen-bond acceptors (Lipinski definition) is 2. The van der Waals surface area contributed by atoms with Crippen molar-refractivity contribution in [2.24, 2.45) is 0 Å². The molecule has 0 spiro atoms. The van der Waals surface area contributed by atoms with Crippen LogP contribution in [0.1, 0.15) is 36.9 Å². The van der Waals surface area contributed by atoms with E-state index in [-0.39, 0.29) is 5.54 Å². The zero-order valence-corrected chi connectivity index (χ0v) is 12.7. The highest BCUT2D eigenvalue weighted by atomic mass is 15.1. The molecule has 0 saturated carbocycles. The van der Waals surface area contributed by atoms with Crippen molar-refractivity contribution in [3.05, 3.63) is 71.8 Å². The lowest BCUT2D eigenvalue weighted by atomic mass is 9.80. The maximum absolute atomic E-state index is 3.80. The molecule has 3 rings (SSSR count). The number of rotatable bonds is 4. The fourth-order valence-electron chi connectivity index (χ4n) is 3.29. The van der Waals surface area contributed by atoms with Crippen LogP contribution in [-0.2, 0) is 6.54 Å². The molecule has 1 heterocycles. The minimum atomic E-state index is 0.0927. The van der Waals surface area contributed by atoms with Gasteiger partial charge in [0.15, 0.2) is 0 Å². The Morgan fingerprint density at radius 3 is 2.43 bits per heavy atom. The summed E-state index contributed by atoms with van der Waals surface area (Å²) in [5, 5.41) is 7.50. The van der Waals surface area contributed by atoms with Gasteiger partial charge in [-0.25, -0.2) is 0 Å². The predicted octanol–water partition coefficient (Wildman–Crippen LogP) is 3.66. The molecule has 2 aromatic rings. The first-order chi connectivity index (χ1) is 10.3. The second-order valence-corrected chi connectivity index (χ2v) is 6.16. The first-order valence-electron chi connectivity index (χ1n) is 7.85. The molecule has 0 bridgehead atoms. The SMILES string of the molecule is C[C@@]1(NCc2ccccc2)CCCN[C@H]1c1ccccc1. The third-order valence-corrected chi connectivity index (χ3v) is 4.53. The van der Waals surface area contributed by atoms with E-state index >= 15 is 0 Å². The van der Waals surface area contributed by atoms with Crippen LogP contribution in [0, 0.1) is 0 Å². The van der Waals surface area contributed by atoms with Gasteiger partial charge in [0.25, 0.3) is 0 Å². The smallest absolute Gasteiger partial charge is 0.0502 e. The second-order valence-electron chi connectivity index (χ2n) is 6.16. The summed E-state index contributed by atoms with van der Waals surface area (Å²) >= 11 is 0. The fraction of sp³-hybridized carbons (Fsp3) is 0.368. The summed E-state index contributed by atoms with van der Waals surface area (Å²) in [7, 11) is 0. The van der Waals surface area contributed by atoms with Gasteiger partial charge in [-0.15, -0.1) is 0 Å². The Bertz CT molecular complexity index is 552. The molecule has 0 amide bonds. The van der Waals surface area contributed by atoms with Crippen LogP contribution in [0.5, 0.6) is 0 Å². The second kappa shape index (κ2) is 6.42. The zero-order valence-electron chi connectivity index (χ0n) is 12.7. The minimum Gasteiger partial charge on any atom is -0.308 e. The maximum Gasteiger partial charge on any atom is 0.0502 e. The van der Waals surface area contributed by atoms with Gasteiger partial charge in [-0.3, -0.25) is 0 Å². The van der Waals surface area contributed by atoms with E-state index in [1.54, 1.807) is 0 Å². The van der Waals surface area contributed by atoms with Gasteiger partial charge < -0.3 is 10.6 Å². The summed E-state index contributed by atoms with van der Waals surface area (Å²) < 4.78 is 0. The highest BCUT2D eigenvalue weighted by Crippen LogP contribution is 2.33. The van der Waals surface area contributed by atoms with Crippen LogP contribution >= 0.6 is 0 Å². The fourth-order valence-corrected chi connectivity index (χ4v) is 3.29. The molecule has 1 fully saturated rings. The maximum atomic E-state index is 3.80. The average Bonchev–Trinajstić information content (AvgIpc) is 2.55. The topological polar surface area (TPSA) is 24.1 Å². The molecule has 1 aliphatic heterocycles. The van der Waals surface area contributed by atoms with E-state index in [1.165, 1.54) is 24.0 Å². The molecule has 1 saturated heterocycles. The largest absolute Gasteiger partial charge is 0.308 e. The third-order valence-electron chi connectivity index (χ3n) is 4.53. The van der Waals surface area contributed by atoms with Crippen molar-refractivity contribution in [1.82, 2.24) is 10.6 Å². The minimum absolute atomic E-state index is 0.0927. The molecular weight excluding hydrogens is 256 g/mol. The van der Waals surface area contributed by atoms with Crippen LogP contribution in [0.4, 0.5) is 0 Å². The van der Waals surface area contributed by atoms with Crippen molar-refractivity contribution in [3.63, 3.8) is 0 Å². The Morgan fingerprint density at radius 2 is 1.71 bits per heavy atom. The quantitative estimate of drug-likeness (QED) is 0.893. The van der Waals surface area contributed by atoms with Gasteiger partial charge in [0.1, 0.15) is 0 Å². The molecule has 0 aromatic heterocycles. The number of nitrogens with one attached hydrogen (secondary N) is 2. The van der Waals surface area contributed by atoms with Gasteiger partial charge in [-0.2, -0.15) is 0 Å². The summed E-state index contributed by atoms with van der Waals surface area (Å²) in [6, 6.07) is 21.8. The summed E-state index contributed by atoms with van der Waals surface area (Å²) in [5.41, 5.74) is 2.81. The van der Waals surface area contributed by atoms with Crippen LogP contribution < -0.4 is 10.6 Å². The molecule has 0 radical (unpaired) electrons. The summed E-state index contributed by atoms with van der Waals surface area (Å²) in [6.45, 7) is 4.37. The van der Waals surface area contributed by atoms with E-state index in [4.69, 9.17) is 0 Å². The Morgan fingerprint density at radius 1 is 1.05 bits per heavy atom. The van der Waals surface area contributed by atoms with E-state index in [9.17, 15) is 0 Å². The number of hydrogen-bond donors (Lipinski definition) is 2. The van der Waals surface area contributed by atoms with E-state index in [0.717, 1.165) is 13.1 Å². The Hall–Kier alpha value is -1.64. The van der Waals surface area contributed by atoms with E-state index < -0.39 is 0 Å². The van der Waals surface area contributed by atoms with Gasteiger partial charge in [0.2, 0.25) is 0 Å². The van der Waals surface area contributed by atoms with Crippen molar-refractivity contribution >= 4 is 0 Å². The molecule has 0 unspecified atom stereocenters. The lowest BCUT2D eigenvalue weighted by Gasteiger charge is -2.43. The van der Waals surface area contributed by atoms with Crippen molar-refractivity contribution < 1.29 is 0 Å². The molecule has 2 heteroatoms. The van der Waals surface area contributed by atoms with Gasteiger partial charge >= 0.3 is 0 Å². The zero-order chi connectivity index (χ0) is 14.5. The van der Waals surface area contributed by atoms with Crippen LogP contribution in [0.25, 0.3) is 0 Å². The van der Waals surface area contributed by atoms with Gasteiger partial charge in [-0.1, -0.05) is 60.7 Å². The highest BCUT2D eigenvalue weighted by molar-refractivity contribution is 5.24. The lowest BCUT2D eigenvalue weighted by Crippen LogP contribution is -2.55. The molecule has 2 N–H and O–H groups in total. The lowest BCUT2D eigenvalue weighted by molar-refractivity contribution is 0.196. The van der Waals surface area contributed by atoms with Gasteiger partial charge in [0.05, 0.1) is 6.04 Å². The van der Waals surface area contributed by atoms with Crippen LogP contribution in [-0.4, -0.2) is 12.1 Å². The molecule has 2 atom stereocenters. The van der Waals surface area contributed by atoms with Crippen molar-refractivity contribution in [3.8, 4) is 0 Å². The molecule has 0 aliphatic carbocycles. The Kier molecular flexibility index (Phi) is 4.37. The summed E-state index contributed by atoms with van der Waals surface area (Å²) in [4.78, 5) is 0. The Labute approximate surface area is 127 Å². The average molecular weight is 280 g/mol. The monoisotopic (exact) mass is 280 g/mol. The van der Waals surface area contributed by atoms with Gasteiger partial charge in [-0.05, 0) is 37.4 Å². The van der Waals surface area contributed by atoms with Crippen LogP contribution in [0.3, 0.4) is 0 Å². The third kappa shape index (κ3) is 3.34.